The normalized spacial score (nSPS) is 11.5. The Balaban J connectivity index is 1.84. The monoisotopic (exact) mass is 420 g/mol. The number of carbonyl (C=O) groups excluding carboxylic acids is 1. The lowest BCUT2D eigenvalue weighted by molar-refractivity contribution is -0.158. The SMILES string of the molecule is CC(C)(Br)C(=O)OC(COCc1ccccc1)COCc1ccccc1. The lowest BCUT2D eigenvalue weighted by Crippen LogP contribution is -2.35. The van der Waals surface area contributed by atoms with Gasteiger partial charge in [0.05, 0.1) is 26.4 Å². The minimum atomic E-state index is -0.746. The van der Waals surface area contributed by atoms with Gasteiger partial charge in [0, 0.05) is 0 Å². The van der Waals surface area contributed by atoms with Gasteiger partial charge in [-0.3, -0.25) is 4.79 Å². The van der Waals surface area contributed by atoms with Gasteiger partial charge in [-0.05, 0) is 25.0 Å². The van der Waals surface area contributed by atoms with E-state index >= 15 is 0 Å². The first-order chi connectivity index (χ1) is 12.4. The van der Waals surface area contributed by atoms with Crippen molar-refractivity contribution >= 4 is 21.9 Å². The van der Waals surface area contributed by atoms with Gasteiger partial charge in [0.2, 0.25) is 0 Å². The molecule has 0 heterocycles. The van der Waals surface area contributed by atoms with E-state index in [0.29, 0.717) is 13.2 Å². The fourth-order valence-corrected chi connectivity index (χ4v) is 2.27. The molecular weight excluding hydrogens is 396 g/mol. The van der Waals surface area contributed by atoms with Crippen molar-refractivity contribution < 1.29 is 19.0 Å². The Labute approximate surface area is 163 Å². The Morgan fingerprint density at radius 1 is 0.885 bits per heavy atom. The molecule has 0 aliphatic rings. The molecule has 5 heteroatoms. The molecule has 26 heavy (non-hydrogen) atoms. The molecule has 0 saturated carbocycles. The van der Waals surface area contributed by atoms with Crippen molar-refractivity contribution in [3.63, 3.8) is 0 Å². The number of hydrogen-bond donors (Lipinski definition) is 0. The predicted molar refractivity (Wildman–Crippen MR) is 105 cm³/mol. The average Bonchev–Trinajstić information content (AvgIpc) is 2.62. The van der Waals surface area contributed by atoms with Crippen molar-refractivity contribution in [1.29, 1.82) is 0 Å². The number of carbonyl (C=O) groups is 1. The Morgan fingerprint density at radius 3 is 1.69 bits per heavy atom. The second kappa shape index (κ2) is 10.5. The molecule has 0 atom stereocenters. The molecule has 2 rings (SSSR count). The Morgan fingerprint density at radius 2 is 1.31 bits per heavy atom. The lowest BCUT2D eigenvalue weighted by atomic mass is 10.2. The van der Waals surface area contributed by atoms with Crippen LogP contribution < -0.4 is 0 Å². The Bertz CT molecular complexity index is 607. The summed E-state index contributed by atoms with van der Waals surface area (Å²) in [4.78, 5) is 12.2. The molecule has 0 aliphatic carbocycles. The number of benzene rings is 2. The van der Waals surface area contributed by atoms with Crippen molar-refractivity contribution in [2.24, 2.45) is 0 Å². The second-order valence-corrected chi connectivity index (χ2v) is 8.48. The number of alkyl halides is 1. The smallest absolute Gasteiger partial charge is 0.322 e. The van der Waals surface area contributed by atoms with Crippen molar-refractivity contribution in [2.45, 2.75) is 37.5 Å². The first-order valence-corrected chi connectivity index (χ1v) is 9.38. The van der Waals surface area contributed by atoms with E-state index in [1.54, 1.807) is 13.8 Å². The summed E-state index contributed by atoms with van der Waals surface area (Å²) in [6.45, 7) is 4.98. The number of rotatable bonds is 10. The van der Waals surface area contributed by atoms with E-state index in [4.69, 9.17) is 14.2 Å². The Hall–Kier alpha value is -1.69. The largest absolute Gasteiger partial charge is 0.456 e. The van der Waals surface area contributed by atoms with E-state index in [0.717, 1.165) is 11.1 Å². The molecule has 0 saturated heterocycles. The molecule has 2 aromatic carbocycles. The van der Waals surface area contributed by atoms with Crippen LogP contribution in [0.4, 0.5) is 0 Å². The van der Waals surface area contributed by atoms with Crippen LogP contribution in [-0.4, -0.2) is 29.6 Å². The second-order valence-electron chi connectivity index (χ2n) is 6.50. The number of ether oxygens (including phenoxy) is 3. The van der Waals surface area contributed by atoms with Crippen LogP contribution in [0, 0.1) is 0 Å². The van der Waals surface area contributed by atoms with Crippen molar-refractivity contribution in [3.8, 4) is 0 Å². The fraction of sp³-hybridized carbons (Fsp3) is 0.381. The van der Waals surface area contributed by atoms with E-state index in [9.17, 15) is 4.79 Å². The lowest BCUT2D eigenvalue weighted by Gasteiger charge is -2.22. The standard InChI is InChI=1S/C21H25BrO4/c1-21(2,22)20(23)26-19(15-24-13-17-9-5-3-6-10-17)16-25-14-18-11-7-4-8-12-18/h3-12,19H,13-16H2,1-2H3. The van der Waals surface area contributed by atoms with Crippen LogP contribution in [0.15, 0.2) is 60.7 Å². The van der Waals surface area contributed by atoms with Crippen molar-refractivity contribution in [1.82, 2.24) is 0 Å². The van der Waals surface area contributed by atoms with Crippen LogP contribution in [0.25, 0.3) is 0 Å². The highest BCUT2D eigenvalue weighted by Crippen LogP contribution is 2.19. The van der Waals surface area contributed by atoms with E-state index < -0.39 is 10.4 Å². The number of hydrogen-bond acceptors (Lipinski definition) is 4. The van der Waals surface area contributed by atoms with E-state index in [2.05, 4.69) is 15.9 Å². The molecule has 0 unspecified atom stereocenters. The summed E-state index contributed by atoms with van der Waals surface area (Å²) >= 11 is 3.33. The molecule has 0 fully saturated rings. The molecule has 140 valence electrons. The van der Waals surface area contributed by atoms with Gasteiger partial charge in [-0.1, -0.05) is 76.6 Å². The third kappa shape index (κ3) is 7.68. The molecule has 0 bridgehead atoms. The zero-order valence-corrected chi connectivity index (χ0v) is 16.8. The van der Waals surface area contributed by atoms with Gasteiger partial charge in [0.15, 0.2) is 0 Å². The van der Waals surface area contributed by atoms with Gasteiger partial charge in [-0.15, -0.1) is 0 Å². The van der Waals surface area contributed by atoms with Crippen LogP contribution >= 0.6 is 15.9 Å². The van der Waals surface area contributed by atoms with Crippen LogP contribution in [0.2, 0.25) is 0 Å². The fourth-order valence-electron chi connectivity index (χ4n) is 2.17. The zero-order chi connectivity index (χ0) is 18.8. The van der Waals surface area contributed by atoms with Gasteiger partial charge < -0.3 is 14.2 Å². The van der Waals surface area contributed by atoms with Gasteiger partial charge in [0.25, 0.3) is 0 Å². The number of halogens is 1. The highest BCUT2D eigenvalue weighted by molar-refractivity contribution is 9.10. The van der Waals surface area contributed by atoms with Gasteiger partial charge in [0.1, 0.15) is 10.4 Å². The molecular formula is C21H25BrO4. The van der Waals surface area contributed by atoms with Crippen LogP contribution in [-0.2, 0) is 32.2 Å². The average molecular weight is 421 g/mol. The first-order valence-electron chi connectivity index (χ1n) is 8.58. The quantitative estimate of drug-likeness (QED) is 0.419. The van der Waals surface area contributed by atoms with Gasteiger partial charge in [-0.25, -0.2) is 0 Å². The number of esters is 1. The summed E-state index contributed by atoms with van der Waals surface area (Å²) < 4.78 is 16.3. The van der Waals surface area contributed by atoms with Crippen molar-refractivity contribution in [2.75, 3.05) is 13.2 Å². The zero-order valence-electron chi connectivity index (χ0n) is 15.2. The molecule has 0 N–H and O–H groups in total. The minimum Gasteiger partial charge on any atom is -0.456 e. The molecule has 0 spiro atoms. The summed E-state index contributed by atoms with van der Waals surface area (Å²) in [6.07, 6.45) is -0.466. The highest BCUT2D eigenvalue weighted by Gasteiger charge is 2.28. The third-order valence-corrected chi connectivity index (χ3v) is 3.91. The molecule has 0 aliphatic heterocycles. The van der Waals surface area contributed by atoms with E-state index in [1.165, 1.54) is 0 Å². The maximum atomic E-state index is 12.2. The summed E-state index contributed by atoms with van der Waals surface area (Å²) in [6, 6.07) is 19.8. The van der Waals surface area contributed by atoms with Gasteiger partial charge in [-0.2, -0.15) is 0 Å². The Kier molecular flexibility index (Phi) is 8.29. The summed E-state index contributed by atoms with van der Waals surface area (Å²) in [5.74, 6) is -0.339. The molecule has 0 aromatic heterocycles. The van der Waals surface area contributed by atoms with Crippen LogP contribution in [0.1, 0.15) is 25.0 Å². The van der Waals surface area contributed by atoms with E-state index in [-0.39, 0.29) is 19.2 Å². The maximum absolute atomic E-state index is 12.2. The van der Waals surface area contributed by atoms with E-state index in [1.807, 2.05) is 60.7 Å². The molecule has 0 amide bonds. The predicted octanol–water partition coefficient (Wildman–Crippen LogP) is 4.51. The molecule has 2 aromatic rings. The minimum absolute atomic E-state index is 0.276. The maximum Gasteiger partial charge on any atom is 0.322 e. The molecule has 0 radical (unpaired) electrons. The highest BCUT2D eigenvalue weighted by atomic mass is 79.9. The van der Waals surface area contributed by atoms with Crippen molar-refractivity contribution in [3.05, 3.63) is 71.8 Å². The third-order valence-electron chi connectivity index (χ3n) is 3.59. The first kappa shape index (κ1) is 20.6. The summed E-state index contributed by atoms with van der Waals surface area (Å²) in [7, 11) is 0. The summed E-state index contributed by atoms with van der Waals surface area (Å²) in [5.41, 5.74) is 2.15. The van der Waals surface area contributed by atoms with Crippen LogP contribution in [0.5, 0.6) is 0 Å². The summed E-state index contributed by atoms with van der Waals surface area (Å²) in [5, 5.41) is 0. The molecule has 4 nitrogen and oxygen atoms in total. The van der Waals surface area contributed by atoms with Gasteiger partial charge >= 0.3 is 5.97 Å². The topological polar surface area (TPSA) is 44.8 Å². The van der Waals surface area contributed by atoms with Crippen LogP contribution in [0.3, 0.4) is 0 Å².